The molecule has 16 N–H and O–H groups in total. The molecular formula is C76H84N20O16. The number of aromatic amines is 4. The minimum atomic E-state index is -0.827. The molecule has 36 heteroatoms. The second-order valence-electron chi connectivity index (χ2n) is 27.7. The molecule has 0 aromatic carbocycles. The number of primary amides is 4. The van der Waals surface area contributed by atoms with Crippen LogP contribution < -0.4 is 66.4 Å². The van der Waals surface area contributed by atoms with Gasteiger partial charge < -0.3 is 83.7 Å². The van der Waals surface area contributed by atoms with Crippen molar-refractivity contribution in [1.82, 2.24) is 59.5 Å². The zero-order valence-electron chi connectivity index (χ0n) is 61.4. The van der Waals surface area contributed by atoms with Gasteiger partial charge in [0.1, 0.15) is 0 Å². The SMILES string of the molecule is C[C@@H]1CC[C@@H](c2ccc(=O)[nH]c2)N(C(=O)C(=O)Nc2cncc(C(N)=O)c2)C1.C[C@@H]1CC[C@H](c2ccc(=O)[nH]c2)N(C(=O)C(=O)Nc2cncc(C(N)=O)c2)C1.C[C@H]1CC[C@@H](c2ccc(=O)[nH]c2)N(C(=O)C(=O)Nc2cncc(C(N)=O)c2)C1.C[C@H]1CC[C@H](c2ccc(=O)[nH]c2)N(C(=O)C(=O)Nc2cncc(C(N)=O)c2)C1. The standard InChI is InChI=1S/4C19H21N5O4/c4*1-11-2-4-15(12-3-5-16(25)22-8-12)24(10-11)19(28)18(27)23-14-6-13(17(20)26)7-21-9-14/h4*3,5-9,11,15H,2,4,10H2,1H3,(H2,20,26)(H,22,25)(H,23,27)/t2*11-,15+;2*11-,15-/m1010/s1. The monoisotopic (exact) mass is 1530 g/mol. The molecule has 4 aliphatic heterocycles. The summed E-state index contributed by atoms with van der Waals surface area (Å²) in [5.74, 6) is -7.80. The Balaban J connectivity index is 0.000000171. The highest BCUT2D eigenvalue weighted by Crippen LogP contribution is 2.37. The van der Waals surface area contributed by atoms with Crippen molar-refractivity contribution in [3.8, 4) is 0 Å². The molecule has 8 aromatic heterocycles. The van der Waals surface area contributed by atoms with Gasteiger partial charge in [0.05, 0.1) is 94.0 Å². The molecule has 8 atom stereocenters. The number of piperidine rings is 4. The minimum absolute atomic E-state index is 0.128. The van der Waals surface area contributed by atoms with Gasteiger partial charge in [0, 0.05) is 100 Å². The molecule has 8 aromatic rings. The normalized spacial score (nSPS) is 19.1. The number of hydrogen-bond acceptors (Lipinski definition) is 20. The van der Waals surface area contributed by atoms with Crippen LogP contribution in [0.2, 0.25) is 0 Å². The molecular weight excluding hydrogens is 1450 g/mol. The highest BCUT2D eigenvalue weighted by molar-refractivity contribution is 6.41. The number of rotatable bonds is 12. The van der Waals surface area contributed by atoms with Crippen molar-refractivity contribution in [1.29, 1.82) is 0 Å². The molecule has 0 aliphatic carbocycles. The Morgan fingerprint density at radius 3 is 0.679 bits per heavy atom. The summed E-state index contributed by atoms with van der Waals surface area (Å²) < 4.78 is 0. The number of nitrogens with two attached hydrogens (primary N) is 4. The number of likely N-dealkylation sites (tertiary alicyclic amines) is 4. The van der Waals surface area contributed by atoms with E-state index in [9.17, 15) is 76.7 Å². The van der Waals surface area contributed by atoms with E-state index in [0.717, 1.165) is 47.9 Å². The first-order valence-corrected chi connectivity index (χ1v) is 35.6. The van der Waals surface area contributed by atoms with Crippen LogP contribution in [0.3, 0.4) is 0 Å². The number of hydrogen-bond donors (Lipinski definition) is 12. The van der Waals surface area contributed by atoms with Crippen molar-refractivity contribution < 1.29 is 57.5 Å². The van der Waals surface area contributed by atoms with E-state index in [2.05, 4.69) is 61.1 Å². The molecule has 4 fully saturated rings. The summed E-state index contributed by atoms with van der Waals surface area (Å²) in [6.45, 7) is 9.77. The van der Waals surface area contributed by atoms with Crippen LogP contribution in [0.4, 0.5) is 22.7 Å². The van der Waals surface area contributed by atoms with Gasteiger partial charge in [-0.2, -0.15) is 0 Å². The molecule has 12 rings (SSSR count). The second kappa shape index (κ2) is 37.7. The molecule has 584 valence electrons. The summed E-state index contributed by atoms with van der Waals surface area (Å²) in [4.78, 5) is 224. The lowest BCUT2D eigenvalue weighted by atomic mass is 9.90. The first-order chi connectivity index (χ1) is 53.4. The fraction of sp³-hybridized carbons (Fsp3) is 0.316. The minimum Gasteiger partial charge on any atom is -0.366 e. The van der Waals surface area contributed by atoms with Crippen molar-refractivity contribution in [3.05, 3.63) is 233 Å². The van der Waals surface area contributed by atoms with Crippen molar-refractivity contribution in [2.24, 2.45) is 46.6 Å². The van der Waals surface area contributed by atoms with E-state index in [1.807, 2.05) is 27.7 Å². The summed E-state index contributed by atoms with van der Waals surface area (Å²) in [5.41, 5.74) is 24.3. The molecule has 4 aliphatic rings. The van der Waals surface area contributed by atoms with Crippen molar-refractivity contribution >= 4 is 93.6 Å². The Morgan fingerprint density at radius 1 is 0.312 bits per heavy atom. The number of aromatic nitrogens is 8. The number of carbonyl (C=O) groups excluding carboxylic acids is 12. The summed E-state index contributed by atoms with van der Waals surface area (Å²) in [5, 5.41) is 9.89. The van der Waals surface area contributed by atoms with Gasteiger partial charge in [-0.3, -0.25) is 96.6 Å². The van der Waals surface area contributed by atoms with Crippen LogP contribution in [0.15, 0.2) is 166 Å². The van der Waals surface area contributed by atoms with Crippen LogP contribution in [0.1, 0.15) is 167 Å². The number of anilines is 4. The van der Waals surface area contributed by atoms with Crippen LogP contribution in [0, 0.1) is 23.7 Å². The van der Waals surface area contributed by atoms with Gasteiger partial charge in [-0.1, -0.05) is 52.0 Å². The van der Waals surface area contributed by atoms with Crippen LogP contribution in [0.25, 0.3) is 0 Å². The summed E-state index contributed by atoms with van der Waals surface area (Å²) in [6.07, 6.45) is 23.1. The average Bonchev–Trinajstić information content (AvgIpc) is 0.818. The van der Waals surface area contributed by atoms with Gasteiger partial charge >= 0.3 is 47.3 Å². The van der Waals surface area contributed by atoms with Crippen molar-refractivity contribution in [2.75, 3.05) is 47.4 Å². The third kappa shape index (κ3) is 22.1. The topological polar surface area (TPSA) is 553 Å². The predicted molar refractivity (Wildman–Crippen MR) is 405 cm³/mol. The van der Waals surface area contributed by atoms with E-state index in [4.69, 9.17) is 22.9 Å². The number of pyridine rings is 8. The zero-order chi connectivity index (χ0) is 81.0. The molecule has 12 heterocycles. The summed E-state index contributed by atoms with van der Waals surface area (Å²) in [7, 11) is 0. The molecule has 0 unspecified atom stereocenters. The van der Waals surface area contributed by atoms with E-state index in [-0.39, 0.29) is 115 Å². The molecule has 0 radical (unpaired) electrons. The van der Waals surface area contributed by atoms with E-state index in [0.29, 0.717) is 51.9 Å². The Hall–Kier alpha value is -14.0. The second-order valence-corrected chi connectivity index (χ2v) is 27.7. The molecule has 112 heavy (non-hydrogen) atoms. The Kier molecular flexibility index (Phi) is 27.7. The van der Waals surface area contributed by atoms with Crippen molar-refractivity contribution in [3.63, 3.8) is 0 Å². The Bertz CT molecular complexity index is 4430. The lowest BCUT2D eigenvalue weighted by Gasteiger charge is -2.38. The first-order valence-electron chi connectivity index (χ1n) is 35.6. The fourth-order valence-corrected chi connectivity index (χ4v) is 13.2. The molecule has 0 bridgehead atoms. The third-order valence-corrected chi connectivity index (χ3v) is 19.0. The van der Waals surface area contributed by atoms with Crippen LogP contribution in [-0.4, -0.2) is 157 Å². The van der Waals surface area contributed by atoms with E-state index in [1.165, 1.54) is 118 Å². The molecule has 0 spiro atoms. The first kappa shape index (κ1) is 82.1. The Labute approximate surface area is 638 Å². The number of carbonyl (C=O) groups is 12. The maximum atomic E-state index is 12.8. The maximum Gasteiger partial charge on any atom is 0.313 e. The fourth-order valence-electron chi connectivity index (χ4n) is 13.2. The van der Waals surface area contributed by atoms with E-state index >= 15 is 0 Å². The van der Waals surface area contributed by atoms with Crippen LogP contribution in [-0.2, 0) is 38.4 Å². The number of amides is 12. The molecule has 4 saturated heterocycles. The number of nitrogens with zero attached hydrogens (tertiary/aromatic N) is 8. The third-order valence-electron chi connectivity index (χ3n) is 19.0. The van der Waals surface area contributed by atoms with Gasteiger partial charge in [0.15, 0.2) is 0 Å². The van der Waals surface area contributed by atoms with Crippen LogP contribution >= 0.6 is 0 Å². The summed E-state index contributed by atoms with van der Waals surface area (Å²) >= 11 is 0. The van der Waals surface area contributed by atoms with E-state index < -0.39 is 70.9 Å². The highest BCUT2D eigenvalue weighted by Gasteiger charge is 2.39. The van der Waals surface area contributed by atoms with E-state index in [1.54, 1.807) is 49.1 Å². The molecule has 36 nitrogen and oxygen atoms in total. The lowest BCUT2D eigenvalue weighted by molar-refractivity contribution is -0.146. The number of H-pyrrole nitrogens is 4. The van der Waals surface area contributed by atoms with Crippen LogP contribution in [0.5, 0.6) is 0 Å². The molecule has 0 saturated carbocycles. The maximum absolute atomic E-state index is 12.8. The average molecular weight is 1530 g/mol. The van der Waals surface area contributed by atoms with Gasteiger partial charge in [-0.15, -0.1) is 0 Å². The zero-order valence-corrected chi connectivity index (χ0v) is 61.4. The smallest absolute Gasteiger partial charge is 0.313 e. The van der Waals surface area contributed by atoms with Crippen molar-refractivity contribution in [2.45, 2.75) is 103 Å². The van der Waals surface area contributed by atoms with Gasteiger partial charge in [0.25, 0.3) is 0 Å². The number of nitrogens with one attached hydrogen (secondary N) is 8. The van der Waals surface area contributed by atoms with Gasteiger partial charge in [-0.05, 0) is 122 Å². The Morgan fingerprint density at radius 2 is 0.509 bits per heavy atom. The molecule has 12 amide bonds. The summed E-state index contributed by atoms with van der Waals surface area (Å²) in [6, 6.07) is 16.5. The highest BCUT2D eigenvalue weighted by atomic mass is 16.2. The quantitative estimate of drug-likeness (QED) is 0.0781. The largest absolute Gasteiger partial charge is 0.366 e. The predicted octanol–water partition coefficient (Wildman–Crippen LogP) is 3.23. The van der Waals surface area contributed by atoms with Gasteiger partial charge in [-0.25, -0.2) is 0 Å². The lowest BCUT2D eigenvalue weighted by Crippen LogP contribution is -2.46. The van der Waals surface area contributed by atoms with Gasteiger partial charge in [0.2, 0.25) is 45.9 Å².